The van der Waals surface area contributed by atoms with Crippen LogP contribution in [0.1, 0.15) is 32.6 Å². The van der Waals surface area contributed by atoms with Crippen molar-refractivity contribution in [1.29, 1.82) is 0 Å². The van der Waals surface area contributed by atoms with Gasteiger partial charge in [0.15, 0.2) is 0 Å². The third-order valence-corrected chi connectivity index (χ3v) is 3.20. The molecule has 1 aliphatic rings. The van der Waals surface area contributed by atoms with Crippen LogP contribution in [0.2, 0.25) is 0 Å². The summed E-state index contributed by atoms with van der Waals surface area (Å²) in [6, 6.07) is -0.201. The van der Waals surface area contributed by atoms with Crippen LogP contribution in [0.5, 0.6) is 0 Å². The summed E-state index contributed by atoms with van der Waals surface area (Å²) in [5, 5.41) is 5.47. The van der Waals surface area contributed by atoms with Gasteiger partial charge in [0.1, 0.15) is 0 Å². The van der Waals surface area contributed by atoms with Crippen LogP contribution in [0.15, 0.2) is 0 Å². The lowest BCUT2D eigenvalue weighted by atomic mass is 10.1. The van der Waals surface area contributed by atoms with Crippen LogP contribution in [0.3, 0.4) is 0 Å². The Balaban J connectivity index is 2.03. The highest BCUT2D eigenvalue weighted by molar-refractivity contribution is 5.75. The summed E-state index contributed by atoms with van der Waals surface area (Å²) >= 11 is 0. The number of carbonyl (C=O) groups excluding carboxylic acids is 2. The van der Waals surface area contributed by atoms with Gasteiger partial charge in [0, 0.05) is 13.1 Å². The summed E-state index contributed by atoms with van der Waals surface area (Å²) in [5.41, 5.74) is 0. The van der Waals surface area contributed by atoms with E-state index < -0.39 is 0 Å². The minimum Gasteiger partial charge on any atom is -0.469 e. The molecule has 17 heavy (non-hydrogen) atoms. The minimum absolute atomic E-state index is 0.201. The highest BCUT2D eigenvalue weighted by atomic mass is 16.5. The molecule has 0 aromatic carbocycles. The molecule has 2 N–H and O–H groups in total. The van der Waals surface area contributed by atoms with Gasteiger partial charge in [-0.05, 0) is 24.7 Å². The van der Waals surface area contributed by atoms with Crippen molar-refractivity contribution in [3.63, 3.8) is 0 Å². The monoisotopic (exact) mass is 242 g/mol. The summed E-state index contributed by atoms with van der Waals surface area (Å²) in [6.07, 6.45) is 3.87. The van der Waals surface area contributed by atoms with Crippen LogP contribution in [-0.2, 0) is 9.53 Å². The zero-order valence-electron chi connectivity index (χ0n) is 10.6. The number of ether oxygens (including phenoxy) is 1. The van der Waals surface area contributed by atoms with Crippen LogP contribution in [-0.4, -0.2) is 32.2 Å². The quantitative estimate of drug-likeness (QED) is 0.714. The summed E-state index contributed by atoms with van der Waals surface area (Å²) in [7, 11) is 1.34. The first-order chi connectivity index (χ1) is 8.11. The molecule has 0 heterocycles. The molecule has 0 aliphatic heterocycles. The van der Waals surface area contributed by atoms with Gasteiger partial charge in [-0.15, -0.1) is 0 Å². The lowest BCUT2D eigenvalue weighted by Crippen LogP contribution is -2.38. The van der Waals surface area contributed by atoms with Crippen molar-refractivity contribution in [2.24, 2.45) is 11.8 Å². The van der Waals surface area contributed by atoms with Crippen molar-refractivity contribution < 1.29 is 14.3 Å². The van der Waals surface area contributed by atoms with E-state index >= 15 is 0 Å². The van der Waals surface area contributed by atoms with Gasteiger partial charge in [0.2, 0.25) is 0 Å². The van der Waals surface area contributed by atoms with Crippen molar-refractivity contribution >= 4 is 12.0 Å². The number of amides is 2. The average molecular weight is 242 g/mol. The number of carbonyl (C=O) groups is 2. The van der Waals surface area contributed by atoms with E-state index in [4.69, 9.17) is 0 Å². The highest BCUT2D eigenvalue weighted by Gasteiger charge is 2.21. The molecular weight excluding hydrogens is 220 g/mol. The first-order valence-electron chi connectivity index (χ1n) is 6.20. The molecule has 98 valence electrons. The molecule has 0 aromatic heterocycles. The maximum atomic E-state index is 11.4. The maximum absolute atomic E-state index is 11.4. The predicted molar refractivity (Wildman–Crippen MR) is 64.5 cm³/mol. The molecule has 2 atom stereocenters. The van der Waals surface area contributed by atoms with Gasteiger partial charge in [-0.2, -0.15) is 0 Å². The number of nitrogens with one attached hydrogen (secondary N) is 2. The van der Waals surface area contributed by atoms with Gasteiger partial charge in [0.05, 0.1) is 13.5 Å². The van der Waals surface area contributed by atoms with Crippen molar-refractivity contribution in [2.75, 3.05) is 20.2 Å². The van der Waals surface area contributed by atoms with E-state index in [1.807, 2.05) is 0 Å². The largest absolute Gasteiger partial charge is 0.469 e. The van der Waals surface area contributed by atoms with E-state index in [0.717, 1.165) is 12.5 Å². The zero-order valence-corrected chi connectivity index (χ0v) is 10.6. The topological polar surface area (TPSA) is 67.4 Å². The number of methoxy groups -OCH3 is 1. The first kappa shape index (κ1) is 13.8. The molecule has 0 radical (unpaired) electrons. The van der Waals surface area contributed by atoms with Crippen molar-refractivity contribution in [3.8, 4) is 0 Å². The predicted octanol–water partition coefficient (Wildman–Crippen LogP) is 1.28. The Morgan fingerprint density at radius 3 is 2.65 bits per heavy atom. The van der Waals surface area contributed by atoms with Gasteiger partial charge in [-0.1, -0.05) is 13.3 Å². The number of urea groups is 1. The van der Waals surface area contributed by atoms with E-state index in [1.54, 1.807) is 0 Å². The Morgan fingerprint density at radius 2 is 2.06 bits per heavy atom. The molecule has 0 aromatic rings. The van der Waals surface area contributed by atoms with Gasteiger partial charge >= 0.3 is 12.0 Å². The van der Waals surface area contributed by atoms with Crippen molar-refractivity contribution in [1.82, 2.24) is 10.6 Å². The Hall–Kier alpha value is -1.26. The molecule has 1 rings (SSSR count). The van der Waals surface area contributed by atoms with E-state index in [2.05, 4.69) is 22.3 Å². The van der Waals surface area contributed by atoms with Crippen LogP contribution in [0.25, 0.3) is 0 Å². The van der Waals surface area contributed by atoms with E-state index in [0.29, 0.717) is 12.5 Å². The van der Waals surface area contributed by atoms with E-state index in [1.165, 1.54) is 26.4 Å². The van der Waals surface area contributed by atoms with E-state index in [9.17, 15) is 9.59 Å². The molecule has 0 bridgehead atoms. The lowest BCUT2D eigenvalue weighted by Gasteiger charge is -2.11. The van der Waals surface area contributed by atoms with E-state index in [-0.39, 0.29) is 18.4 Å². The molecule has 1 saturated carbocycles. The highest BCUT2D eigenvalue weighted by Crippen LogP contribution is 2.29. The smallest absolute Gasteiger partial charge is 0.314 e. The third-order valence-electron chi connectivity index (χ3n) is 3.20. The van der Waals surface area contributed by atoms with Crippen LogP contribution < -0.4 is 10.6 Å². The number of hydrogen-bond donors (Lipinski definition) is 2. The summed E-state index contributed by atoms with van der Waals surface area (Å²) < 4.78 is 4.47. The molecule has 2 amide bonds. The lowest BCUT2D eigenvalue weighted by molar-refractivity contribution is -0.140. The first-order valence-corrected chi connectivity index (χ1v) is 6.20. The standard InChI is InChI=1S/C12H22N2O3/c1-9-3-4-10(7-9)8-14-12(16)13-6-5-11(15)17-2/h9-10H,3-8H2,1-2H3,(H2,13,14,16). The van der Waals surface area contributed by atoms with Crippen molar-refractivity contribution in [2.45, 2.75) is 32.6 Å². The second-order valence-electron chi connectivity index (χ2n) is 4.75. The van der Waals surface area contributed by atoms with Gasteiger partial charge in [0.25, 0.3) is 0 Å². The number of rotatable bonds is 5. The summed E-state index contributed by atoms with van der Waals surface area (Å²) in [5.74, 6) is 1.08. The summed E-state index contributed by atoms with van der Waals surface area (Å²) in [4.78, 5) is 22.2. The molecule has 1 fully saturated rings. The molecule has 1 aliphatic carbocycles. The number of hydrogen-bond acceptors (Lipinski definition) is 3. The Kier molecular flexibility index (Phi) is 5.80. The molecule has 0 saturated heterocycles. The summed E-state index contributed by atoms with van der Waals surface area (Å²) in [6.45, 7) is 3.30. The molecule has 2 unspecified atom stereocenters. The average Bonchev–Trinajstić information content (AvgIpc) is 2.72. The Morgan fingerprint density at radius 1 is 1.29 bits per heavy atom. The molecule has 5 heteroatoms. The van der Waals surface area contributed by atoms with Crippen LogP contribution in [0, 0.1) is 11.8 Å². The molecule has 5 nitrogen and oxygen atoms in total. The fraction of sp³-hybridized carbons (Fsp3) is 0.833. The zero-order chi connectivity index (χ0) is 12.7. The fourth-order valence-corrected chi connectivity index (χ4v) is 2.19. The Bertz CT molecular complexity index is 268. The maximum Gasteiger partial charge on any atom is 0.314 e. The van der Waals surface area contributed by atoms with Crippen molar-refractivity contribution in [3.05, 3.63) is 0 Å². The SMILES string of the molecule is COC(=O)CCNC(=O)NCC1CCC(C)C1. The van der Waals surface area contributed by atoms with Crippen LogP contribution >= 0.6 is 0 Å². The second kappa shape index (κ2) is 7.14. The van der Waals surface area contributed by atoms with Gasteiger partial charge in [-0.3, -0.25) is 4.79 Å². The van der Waals surface area contributed by atoms with Gasteiger partial charge in [-0.25, -0.2) is 4.79 Å². The normalized spacial score (nSPS) is 23.2. The second-order valence-corrected chi connectivity index (χ2v) is 4.75. The Labute approximate surface area is 102 Å². The number of esters is 1. The fourth-order valence-electron chi connectivity index (χ4n) is 2.19. The molecular formula is C12H22N2O3. The van der Waals surface area contributed by atoms with Crippen LogP contribution in [0.4, 0.5) is 4.79 Å². The molecule has 0 spiro atoms. The third kappa shape index (κ3) is 5.56. The minimum atomic E-state index is -0.310. The van der Waals surface area contributed by atoms with Gasteiger partial charge < -0.3 is 15.4 Å².